The fourth-order valence-corrected chi connectivity index (χ4v) is 7.84. The summed E-state index contributed by atoms with van der Waals surface area (Å²) >= 11 is 0. The molecular weight excluding hydrogens is 621 g/mol. The zero-order valence-corrected chi connectivity index (χ0v) is 28.0. The molecule has 1 N–H and O–H groups in total. The molecule has 0 amide bonds. The van der Waals surface area contributed by atoms with Gasteiger partial charge in [-0.05, 0) is 76.2 Å². The highest BCUT2D eigenvalue weighted by atomic mass is 15.2. The molecule has 7 aromatic carbocycles. The molecule has 2 heterocycles. The largest absolute Gasteiger partial charge is 0.344 e. The van der Waals surface area contributed by atoms with E-state index in [1.165, 1.54) is 49.4 Å². The summed E-state index contributed by atoms with van der Waals surface area (Å²) in [5.41, 5.74) is 11.8. The van der Waals surface area contributed by atoms with Gasteiger partial charge >= 0.3 is 0 Å². The molecule has 2 aliphatic rings. The van der Waals surface area contributed by atoms with Crippen LogP contribution in [0.1, 0.15) is 40.4 Å². The fraction of sp³-hybridized carbons (Fsp3) is 0.0638. The molecule has 0 radical (unpaired) electrons. The average Bonchev–Trinajstić information content (AvgIpc) is 3.55. The number of hydrogen-bond donors (Lipinski definition) is 1. The molecule has 51 heavy (non-hydrogen) atoms. The minimum Gasteiger partial charge on any atom is -0.344 e. The molecule has 4 nitrogen and oxygen atoms in total. The SMILES string of the molecule is C1=Cc2c(cccc2-n2c3ccccc3c3c4cc(-c5cccc(C6=NC(c7ccccc7)NC(c7ccccc7)=N6)c5)ccc4ccc32)CC1. The number of rotatable bonds is 5. The van der Waals surface area contributed by atoms with Crippen molar-refractivity contribution < 1.29 is 0 Å². The Labute approximate surface area is 296 Å². The normalized spacial score (nSPS) is 15.4. The second-order valence-electron chi connectivity index (χ2n) is 13.4. The van der Waals surface area contributed by atoms with Crippen molar-refractivity contribution in [3.63, 3.8) is 0 Å². The lowest BCUT2D eigenvalue weighted by Crippen LogP contribution is -2.33. The maximum atomic E-state index is 5.13. The summed E-state index contributed by atoms with van der Waals surface area (Å²) in [4.78, 5) is 10.2. The topological polar surface area (TPSA) is 41.7 Å². The third-order valence-corrected chi connectivity index (χ3v) is 10.3. The van der Waals surface area contributed by atoms with Gasteiger partial charge in [0.05, 0.1) is 16.7 Å². The quantitative estimate of drug-likeness (QED) is 0.197. The van der Waals surface area contributed by atoms with Crippen LogP contribution in [0.25, 0.3) is 55.5 Å². The molecule has 0 spiro atoms. The van der Waals surface area contributed by atoms with E-state index >= 15 is 0 Å². The lowest BCUT2D eigenvalue weighted by Gasteiger charge is -2.23. The molecule has 1 aromatic heterocycles. The number of aryl methyl sites for hydroxylation is 1. The van der Waals surface area contributed by atoms with Crippen LogP contribution in [0.15, 0.2) is 174 Å². The second-order valence-corrected chi connectivity index (χ2v) is 13.4. The van der Waals surface area contributed by atoms with E-state index in [4.69, 9.17) is 9.98 Å². The number of allylic oxidation sites excluding steroid dienone is 1. The van der Waals surface area contributed by atoms with Gasteiger partial charge in [0, 0.05) is 27.5 Å². The van der Waals surface area contributed by atoms with E-state index in [0.29, 0.717) is 0 Å². The summed E-state index contributed by atoms with van der Waals surface area (Å²) in [6.45, 7) is 0. The number of amidine groups is 2. The lowest BCUT2D eigenvalue weighted by atomic mass is 9.95. The van der Waals surface area contributed by atoms with Gasteiger partial charge in [-0.25, -0.2) is 9.98 Å². The Kier molecular flexibility index (Phi) is 6.98. The predicted octanol–water partition coefficient (Wildman–Crippen LogP) is 11.1. The fourth-order valence-electron chi connectivity index (χ4n) is 7.84. The molecule has 0 bridgehead atoms. The van der Waals surface area contributed by atoms with Crippen molar-refractivity contribution in [3.05, 3.63) is 192 Å². The van der Waals surface area contributed by atoms with E-state index in [2.05, 4.69) is 155 Å². The summed E-state index contributed by atoms with van der Waals surface area (Å²) in [5.74, 6) is 1.54. The van der Waals surface area contributed by atoms with Crippen LogP contribution in [-0.2, 0) is 6.42 Å². The van der Waals surface area contributed by atoms with Crippen LogP contribution in [0.4, 0.5) is 0 Å². The summed E-state index contributed by atoms with van der Waals surface area (Å²) in [7, 11) is 0. The Morgan fingerprint density at radius 2 is 1.33 bits per heavy atom. The number of nitrogens with zero attached hydrogens (tertiary/aromatic N) is 3. The van der Waals surface area contributed by atoms with Crippen LogP contribution in [-0.4, -0.2) is 16.2 Å². The van der Waals surface area contributed by atoms with Crippen LogP contribution < -0.4 is 5.32 Å². The van der Waals surface area contributed by atoms with Gasteiger partial charge < -0.3 is 9.88 Å². The molecule has 1 atom stereocenters. The van der Waals surface area contributed by atoms with Crippen molar-refractivity contribution in [2.45, 2.75) is 19.0 Å². The Bertz CT molecular complexity index is 2720. The van der Waals surface area contributed by atoms with E-state index in [1.807, 2.05) is 24.3 Å². The van der Waals surface area contributed by atoms with Crippen LogP contribution in [0.2, 0.25) is 0 Å². The second kappa shape index (κ2) is 12.1. The zero-order chi connectivity index (χ0) is 33.7. The number of aliphatic imine (C=N–C) groups is 2. The minimum atomic E-state index is -0.241. The van der Waals surface area contributed by atoms with Crippen LogP contribution in [0, 0.1) is 0 Å². The molecule has 1 unspecified atom stereocenters. The van der Waals surface area contributed by atoms with Crippen molar-refractivity contribution in [1.29, 1.82) is 0 Å². The molecule has 4 heteroatoms. The van der Waals surface area contributed by atoms with Crippen molar-refractivity contribution in [2.75, 3.05) is 0 Å². The van der Waals surface area contributed by atoms with E-state index < -0.39 is 0 Å². The molecule has 242 valence electrons. The third kappa shape index (κ3) is 5.07. The number of nitrogens with one attached hydrogen (secondary N) is 1. The van der Waals surface area contributed by atoms with Crippen molar-refractivity contribution in [3.8, 4) is 16.8 Å². The van der Waals surface area contributed by atoms with E-state index in [1.54, 1.807) is 0 Å². The summed E-state index contributed by atoms with van der Waals surface area (Å²) in [6, 6.07) is 56.3. The number of aromatic nitrogens is 1. The van der Waals surface area contributed by atoms with E-state index in [9.17, 15) is 0 Å². The molecule has 0 saturated carbocycles. The first-order valence-electron chi connectivity index (χ1n) is 17.7. The van der Waals surface area contributed by atoms with Crippen LogP contribution >= 0.6 is 0 Å². The van der Waals surface area contributed by atoms with E-state index in [-0.39, 0.29) is 6.17 Å². The third-order valence-electron chi connectivity index (χ3n) is 10.3. The lowest BCUT2D eigenvalue weighted by molar-refractivity contribution is 0.674. The van der Waals surface area contributed by atoms with Crippen molar-refractivity contribution in [2.24, 2.45) is 9.98 Å². The Hall–Kier alpha value is -6.52. The van der Waals surface area contributed by atoms with Crippen LogP contribution in [0.3, 0.4) is 0 Å². The van der Waals surface area contributed by atoms with Crippen LogP contribution in [0.5, 0.6) is 0 Å². The van der Waals surface area contributed by atoms with Gasteiger partial charge in [0.15, 0.2) is 5.84 Å². The molecule has 10 rings (SSSR count). The van der Waals surface area contributed by atoms with Gasteiger partial charge in [0.1, 0.15) is 12.0 Å². The summed E-state index contributed by atoms with van der Waals surface area (Å²) in [6.07, 6.45) is 6.55. The first-order valence-corrected chi connectivity index (χ1v) is 17.7. The standard InChI is InChI=1S/C47H34N4/c1-3-14-33(15-4-1)45-48-46(34-16-5-2-6-17-34)50-47(49-45)37-20-11-19-35(29-37)36-26-25-32-27-28-43-44(40(32)30-36)39-22-9-10-23-42(39)51(43)41-24-12-18-31-13-7-8-21-38(31)41/h1-6,8-12,14-30,45H,7,13H2,(H,48,49,50). The number of benzene rings is 7. The molecule has 1 aliphatic carbocycles. The Morgan fingerprint density at radius 3 is 2.24 bits per heavy atom. The number of para-hydroxylation sites is 1. The van der Waals surface area contributed by atoms with E-state index in [0.717, 1.165) is 52.3 Å². The smallest absolute Gasteiger partial charge is 0.159 e. The summed E-state index contributed by atoms with van der Waals surface area (Å²) in [5, 5.41) is 8.59. The molecular formula is C47H34N4. The van der Waals surface area contributed by atoms with Gasteiger partial charge in [-0.15, -0.1) is 0 Å². The Morgan fingerprint density at radius 1 is 0.588 bits per heavy atom. The molecule has 0 saturated heterocycles. The first-order chi connectivity index (χ1) is 25.3. The predicted molar refractivity (Wildman–Crippen MR) is 213 cm³/mol. The van der Waals surface area contributed by atoms with Crippen molar-refractivity contribution >= 4 is 50.3 Å². The number of hydrogen-bond acceptors (Lipinski definition) is 3. The number of fused-ring (bicyclic) bond motifs is 6. The van der Waals surface area contributed by atoms with Gasteiger partial charge in [0.2, 0.25) is 0 Å². The Balaban J connectivity index is 1.12. The average molecular weight is 655 g/mol. The monoisotopic (exact) mass is 654 g/mol. The zero-order valence-electron chi connectivity index (χ0n) is 28.0. The van der Waals surface area contributed by atoms with Crippen molar-refractivity contribution in [1.82, 2.24) is 9.88 Å². The van der Waals surface area contributed by atoms with Gasteiger partial charge in [-0.1, -0.05) is 140 Å². The highest BCUT2D eigenvalue weighted by Crippen LogP contribution is 2.40. The van der Waals surface area contributed by atoms with Gasteiger partial charge in [-0.3, -0.25) is 0 Å². The minimum absolute atomic E-state index is 0.241. The molecule has 0 fully saturated rings. The van der Waals surface area contributed by atoms with Gasteiger partial charge in [-0.2, -0.15) is 0 Å². The summed E-state index contributed by atoms with van der Waals surface area (Å²) < 4.78 is 2.46. The molecule has 1 aliphatic heterocycles. The highest BCUT2D eigenvalue weighted by Gasteiger charge is 2.22. The first kappa shape index (κ1) is 29.4. The highest BCUT2D eigenvalue weighted by molar-refractivity contribution is 6.22. The molecule has 8 aromatic rings. The van der Waals surface area contributed by atoms with Gasteiger partial charge in [0.25, 0.3) is 0 Å². The maximum absolute atomic E-state index is 5.13. The maximum Gasteiger partial charge on any atom is 0.159 e.